The van der Waals surface area contributed by atoms with Gasteiger partial charge in [-0.05, 0) is 45.9 Å². The van der Waals surface area contributed by atoms with E-state index in [0.717, 1.165) is 37.4 Å². The van der Waals surface area contributed by atoms with Gasteiger partial charge in [0, 0.05) is 25.2 Å². The van der Waals surface area contributed by atoms with E-state index in [1.54, 1.807) is 6.20 Å². The van der Waals surface area contributed by atoms with Crippen LogP contribution in [-0.4, -0.2) is 46.8 Å². The maximum Gasteiger partial charge on any atom is 0.137 e. The Labute approximate surface area is 129 Å². The van der Waals surface area contributed by atoms with Gasteiger partial charge >= 0.3 is 0 Å². The molecule has 0 atom stereocenters. The molecule has 0 aromatic carbocycles. The molecule has 2 heterocycles. The standard InChI is InChI=1S/C15H24N2O2.C2H6/c1-12(2)19-14-5-4-13(16-11-14)10-15(18)6-8-17(3)9-7-15;1-2/h4-5,11-12,18H,6-10H2,1-3H3;1-2H3. The van der Waals surface area contributed by atoms with E-state index < -0.39 is 5.60 Å². The molecule has 1 saturated heterocycles. The maximum atomic E-state index is 10.6. The molecule has 1 N–H and O–H groups in total. The molecule has 1 aromatic rings. The highest BCUT2D eigenvalue weighted by Gasteiger charge is 2.31. The lowest BCUT2D eigenvalue weighted by molar-refractivity contribution is -0.0157. The van der Waals surface area contributed by atoms with Crippen molar-refractivity contribution in [3.63, 3.8) is 0 Å². The summed E-state index contributed by atoms with van der Waals surface area (Å²) in [5.74, 6) is 0.786. The molecule has 1 aliphatic heterocycles. The van der Waals surface area contributed by atoms with Gasteiger partial charge in [0.2, 0.25) is 0 Å². The summed E-state index contributed by atoms with van der Waals surface area (Å²) in [5.41, 5.74) is 0.336. The number of rotatable bonds is 4. The summed E-state index contributed by atoms with van der Waals surface area (Å²) in [6, 6.07) is 3.88. The van der Waals surface area contributed by atoms with Gasteiger partial charge in [-0.15, -0.1) is 0 Å². The van der Waals surface area contributed by atoms with E-state index in [4.69, 9.17) is 4.74 Å². The fourth-order valence-electron chi connectivity index (χ4n) is 2.41. The minimum atomic E-state index is -0.597. The van der Waals surface area contributed by atoms with Crippen LogP contribution in [0.15, 0.2) is 18.3 Å². The minimum Gasteiger partial charge on any atom is -0.489 e. The van der Waals surface area contributed by atoms with Gasteiger partial charge in [-0.2, -0.15) is 0 Å². The van der Waals surface area contributed by atoms with Gasteiger partial charge in [0.05, 0.1) is 17.9 Å². The molecule has 0 spiro atoms. The first-order valence-electron chi connectivity index (χ1n) is 7.99. The zero-order chi connectivity index (χ0) is 15.9. The van der Waals surface area contributed by atoms with Crippen molar-refractivity contribution < 1.29 is 9.84 Å². The summed E-state index contributed by atoms with van der Waals surface area (Å²) in [4.78, 5) is 6.64. The van der Waals surface area contributed by atoms with Crippen LogP contribution in [0.25, 0.3) is 0 Å². The van der Waals surface area contributed by atoms with Crippen LogP contribution in [0.3, 0.4) is 0 Å². The van der Waals surface area contributed by atoms with Gasteiger partial charge in [0.25, 0.3) is 0 Å². The molecular weight excluding hydrogens is 264 g/mol. The van der Waals surface area contributed by atoms with E-state index in [1.165, 1.54) is 0 Å². The van der Waals surface area contributed by atoms with Crippen molar-refractivity contribution in [2.75, 3.05) is 20.1 Å². The lowest BCUT2D eigenvalue weighted by Gasteiger charge is -2.36. The molecule has 0 unspecified atom stereocenters. The predicted molar refractivity (Wildman–Crippen MR) is 86.7 cm³/mol. The number of hydrogen-bond acceptors (Lipinski definition) is 4. The summed E-state index contributed by atoms with van der Waals surface area (Å²) < 4.78 is 5.57. The summed E-state index contributed by atoms with van der Waals surface area (Å²) in [7, 11) is 2.09. The van der Waals surface area contributed by atoms with E-state index in [0.29, 0.717) is 6.42 Å². The van der Waals surface area contributed by atoms with Gasteiger partial charge < -0.3 is 14.7 Å². The Morgan fingerprint density at radius 2 is 1.90 bits per heavy atom. The smallest absolute Gasteiger partial charge is 0.137 e. The first-order chi connectivity index (χ1) is 9.97. The number of nitrogens with zero attached hydrogens (tertiary/aromatic N) is 2. The van der Waals surface area contributed by atoms with Crippen LogP contribution in [0.4, 0.5) is 0 Å². The summed E-state index contributed by atoms with van der Waals surface area (Å²) in [6.07, 6.45) is 4.16. The van der Waals surface area contributed by atoms with Gasteiger partial charge in [-0.25, -0.2) is 0 Å². The number of piperidine rings is 1. The first-order valence-corrected chi connectivity index (χ1v) is 7.99. The van der Waals surface area contributed by atoms with Crippen molar-refractivity contribution in [1.82, 2.24) is 9.88 Å². The Bertz CT molecular complexity index is 396. The average molecular weight is 294 g/mol. The van der Waals surface area contributed by atoms with Crippen molar-refractivity contribution in [3.05, 3.63) is 24.0 Å². The Kier molecular flexibility index (Phi) is 7.12. The zero-order valence-electron chi connectivity index (χ0n) is 14.1. The topological polar surface area (TPSA) is 45.6 Å². The molecule has 1 aliphatic rings. The van der Waals surface area contributed by atoms with Crippen molar-refractivity contribution >= 4 is 0 Å². The van der Waals surface area contributed by atoms with Crippen LogP contribution in [-0.2, 0) is 6.42 Å². The van der Waals surface area contributed by atoms with Crippen LogP contribution in [0.2, 0.25) is 0 Å². The molecule has 0 radical (unpaired) electrons. The van der Waals surface area contributed by atoms with Crippen molar-refractivity contribution in [2.45, 2.75) is 58.7 Å². The van der Waals surface area contributed by atoms with Gasteiger partial charge in [-0.1, -0.05) is 13.8 Å². The molecular formula is C17H30N2O2. The molecule has 1 aromatic heterocycles. The van der Waals surface area contributed by atoms with E-state index in [-0.39, 0.29) is 6.10 Å². The van der Waals surface area contributed by atoms with E-state index in [1.807, 2.05) is 39.8 Å². The third-order valence-electron chi connectivity index (χ3n) is 3.60. The fraction of sp³-hybridized carbons (Fsp3) is 0.706. The maximum absolute atomic E-state index is 10.6. The SMILES string of the molecule is CC.CC(C)Oc1ccc(CC2(O)CCN(C)CC2)nc1. The summed E-state index contributed by atoms with van der Waals surface area (Å²) >= 11 is 0. The van der Waals surface area contributed by atoms with Crippen LogP contribution in [0.5, 0.6) is 5.75 Å². The second-order valence-electron chi connectivity index (χ2n) is 5.86. The molecule has 1 fully saturated rings. The lowest BCUT2D eigenvalue weighted by Crippen LogP contribution is -2.44. The summed E-state index contributed by atoms with van der Waals surface area (Å²) in [5, 5.41) is 10.6. The van der Waals surface area contributed by atoms with Gasteiger partial charge in [0.15, 0.2) is 0 Å². The van der Waals surface area contributed by atoms with Crippen molar-refractivity contribution in [3.8, 4) is 5.75 Å². The molecule has 120 valence electrons. The van der Waals surface area contributed by atoms with Crippen LogP contribution in [0, 0.1) is 0 Å². The second-order valence-corrected chi connectivity index (χ2v) is 5.86. The quantitative estimate of drug-likeness (QED) is 0.927. The third-order valence-corrected chi connectivity index (χ3v) is 3.60. The predicted octanol–water partition coefficient (Wildman–Crippen LogP) is 2.89. The van der Waals surface area contributed by atoms with Crippen molar-refractivity contribution in [2.24, 2.45) is 0 Å². The molecule has 0 aliphatic carbocycles. The van der Waals surface area contributed by atoms with Crippen LogP contribution in [0.1, 0.15) is 46.2 Å². The Morgan fingerprint density at radius 3 is 2.38 bits per heavy atom. The van der Waals surface area contributed by atoms with E-state index in [2.05, 4.69) is 16.9 Å². The molecule has 0 bridgehead atoms. The number of pyridine rings is 1. The largest absolute Gasteiger partial charge is 0.489 e. The van der Waals surface area contributed by atoms with Gasteiger partial charge in [-0.3, -0.25) is 4.98 Å². The Balaban J connectivity index is 0.00000106. The lowest BCUT2D eigenvalue weighted by atomic mass is 9.87. The van der Waals surface area contributed by atoms with Gasteiger partial charge in [0.1, 0.15) is 5.75 Å². The average Bonchev–Trinajstić information content (AvgIpc) is 2.46. The molecule has 0 amide bonds. The molecule has 0 saturated carbocycles. The molecule has 2 rings (SSSR count). The number of aliphatic hydroxyl groups is 1. The third kappa shape index (κ3) is 6.02. The highest BCUT2D eigenvalue weighted by atomic mass is 16.5. The normalized spacial score (nSPS) is 18.0. The zero-order valence-corrected chi connectivity index (χ0v) is 14.1. The monoisotopic (exact) mass is 294 g/mol. The minimum absolute atomic E-state index is 0.158. The summed E-state index contributed by atoms with van der Waals surface area (Å²) in [6.45, 7) is 9.89. The van der Waals surface area contributed by atoms with Crippen LogP contribution >= 0.6 is 0 Å². The Hall–Kier alpha value is -1.13. The van der Waals surface area contributed by atoms with E-state index in [9.17, 15) is 5.11 Å². The number of hydrogen-bond donors (Lipinski definition) is 1. The first kappa shape index (κ1) is 17.9. The second kappa shape index (κ2) is 8.35. The van der Waals surface area contributed by atoms with Crippen LogP contribution < -0.4 is 4.74 Å². The molecule has 21 heavy (non-hydrogen) atoms. The highest BCUT2D eigenvalue weighted by Crippen LogP contribution is 2.25. The Morgan fingerprint density at radius 1 is 1.29 bits per heavy atom. The van der Waals surface area contributed by atoms with E-state index >= 15 is 0 Å². The highest BCUT2D eigenvalue weighted by molar-refractivity contribution is 5.21. The number of aromatic nitrogens is 1. The molecule has 4 heteroatoms. The number of ether oxygens (including phenoxy) is 1. The van der Waals surface area contributed by atoms with Crippen molar-refractivity contribution in [1.29, 1.82) is 0 Å². The fourth-order valence-corrected chi connectivity index (χ4v) is 2.41. The molecule has 4 nitrogen and oxygen atoms in total. The number of likely N-dealkylation sites (tertiary alicyclic amines) is 1.